The molecule has 1 aromatic carbocycles. The second-order valence-electron chi connectivity index (χ2n) is 4.71. The molecule has 0 aliphatic rings. The van der Waals surface area contributed by atoms with Crippen LogP contribution in [0.1, 0.15) is 20.3 Å². The molecular formula is C13H23N3O3S. The summed E-state index contributed by atoms with van der Waals surface area (Å²) in [5, 5.41) is 12.3. The molecule has 114 valence electrons. The Morgan fingerprint density at radius 3 is 2.40 bits per heavy atom. The maximum atomic E-state index is 11.9. The van der Waals surface area contributed by atoms with Gasteiger partial charge in [-0.15, -0.1) is 0 Å². The van der Waals surface area contributed by atoms with Crippen LogP contribution in [0, 0.1) is 0 Å². The van der Waals surface area contributed by atoms with Crippen LogP contribution < -0.4 is 15.8 Å². The van der Waals surface area contributed by atoms with Crippen molar-refractivity contribution in [3.05, 3.63) is 24.3 Å². The predicted octanol–water partition coefficient (Wildman–Crippen LogP) is 0.495. The maximum absolute atomic E-state index is 11.9. The number of aliphatic hydroxyl groups excluding tert-OH is 1. The Labute approximate surface area is 120 Å². The minimum atomic E-state index is -3.43. The SMILES string of the molecule is CCCNS(=O)(=O)c1ccc(NCC(N)C(C)O)cc1. The zero-order valence-electron chi connectivity index (χ0n) is 11.8. The van der Waals surface area contributed by atoms with Crippen molar-refractivity contribution in [1.29, 1.82) is 0 Å². The third-order valence-corrected chi connectivity index (χ3v) is 4.35. The van der Waals surface area contributed by atoms with Crippen LogP contribution in [0.15, 0.2) is 29.2 Å². The first kappa shape index (κ1) is 16.9. The van der Waals surface area contributed by atoms with Gasteiger partial charge < -0.3 is 16.2 Å². The van der Waals surface area contributed by atoms with E-state index in [2.05, 4.69) is 10.0 Å². The Morgan fingerprint density at radius 1 is 1.30 bits per heavy atom. The summed E-state index contributed by atoms with van der Waals surface area (Å²) in [7, 11) is -3.43. The Bertz CT molecular complexity index is 500. The molecule has 0 heterocycles. The van der Waals surface area contributed by atoms with Gasteiger partial charge in [0.15, 0.2) is 0 Å². The first-order valence-electron chi connectivity index (χ1n) is 6.64. The van der Waals surface area contributed by atoms with Gasteiger partial charge in [-0.1, -0.05) is 6.92 Å². The van der Waals surface area contributed by atoms with Crippen molar-refractivity contribution in [2.75, 3.05) is 18.4 Å². The molecule has 0 aliphatic heterocycles. The number of nitrogens with one attached hydrogen (secondary N) is 2. The van der Waals surface area contributed by atoms with Crippen LogP contribution in [-0.2, 0) is 10.0 Å². The minimum Gasteiger partial charge on any atom is -0.392 e. The van der Waals surface area contributed by atoms with Crippen LogP contribution in [-0.4, -0.2) is 38.8 Å². The van der Waals surface area contributed by atoms with Gasteiger partial charge in [0.2, 0.25) is 10.0 Å². The van der Waals surface area contributed by atoms with Crippen LogP contribution in [0.3, 0.4) is 0 Å². The van der Waals surface area contributed by atoms with Crippen molar-refractivity contribution in [3.8, 4) is 0 Å². The monoisotopic (exact) mass is 301 g/mol. The lowest BCUT2D eigenvalue weighted by atomic mass is 10.2. The van der Waals surface area contributed by atoms with E-state index in [0.717, 1.165) is 12.1 Å². The van der Waals surface area contributed by atoms with E-state index < -0.39 is 16.1 Å². The van der Waals surface area contributed by atoms with E-state index in [-0.39, 0.29) is 10.9 Å². The van der Waals surface area contributed by atoms with Crippen LogP contribution in [0.25, 0.3) is 0 Å². The van der Waals surface area contributed by atoms with E-state index in [1.165, 1.54) is 12.1 Å². The first-order chi connectivity index (χ1) is 9.36. The van der Waals surface area contributed by atoms with E-state index >= 15 is 0 Å². The smallest absolute Gasteiger partial charge is 0.240 e. The van der Waals surface area contributed by atoms with Gasteiger partial charge in [0.1, 0.15) is 0 Å². The molecule has 0 bridgehead atoms. The fourth-order valence-corrected chi connectivity index (χ4v) is 2.61. The Morgan fingerprint density at radius 2 is 1.90 bits per heavy atom. The van der Waals surface area contributed by atoms with Crippen LogP contribution >= 0.6 is 0 Å². The van der Waals surface area contributed by atoms with Gasteiger partial charge in [0.25, 0.3) is 0 Å². The lowest BCUT2D eigenvalue weighted by Gasteiger charge is -2.16. The summed E-state index contributed by atoms with van der Waals surface area (Å²) in [4.78, 5) is 0.233. The summed E-state index contributed by atoms with van der Waals surface area (Å²) in [6.07, 6.45) is 0.149. The molecule has 2 atom stereocenters. The third kappa shape index (κ3) is 5.09. The first-order valence-corrected chi connectivity index (χ1v) is 8.12. The lowest BCUT2D eigenvalue weighted by Crippen LogP contribution is -2.38. The molecule has 20 heavy (non-hydrogen) atoms. The molecule has 0 aliphatic carbocycles. The summed E-state index contributed by atoms with van der Waals surface area (Å²) >= 11 is 0. The van der Waals surface area contributed by atoms with Crippen molar-refractivity contribution in [3.63, 3.8) is 0 Å². The summed E-state index contributed by atoms with van der Waals surface area (Å²) in [5.74, 6) is 0. The molecule has 2 unspecified atom stereocenters. The molecule has 0 aromatic heterocycles. The number of anilines is 1. The third-order valence-electron chi connectivity index (χ3n) is 2.87. The fourth-order valence-electron chi connectivity index (χ4n) is 1.48. The highest BCUT2D eigenvalue weighted by atomic mass is 32.2. The maximum Gasteiger partial charge on any atom is 0.240 e. The summed E-state index contributed by atoms with van der Waals surface area (Å²) < 4.78 is 26.3. The Balaban J connectivity index is 2.65. The van der Waals surface area contributed by atoms with Crippen molar-refractivity contribution < 1.29 is 13.5 Å². The fraction of sp³-hybridized carbons (Fsp3) is 0.538. The Hall–Kier alpha value is -1.15. The topological polar surface area (TPSA) is 104 Å². The highest BCUT2D eigenvalue weighted by Gasteiger charge is 2.13. The number of nitrogens with two attached hydrogens (primary N) is 1. The van der Waals surface area contributed by atoms with Gasteiger partial charge in [0, 0.05) is 24.8 Å². The predicted molar refractivity (Wildman–Crippen MR) is 80.1 cm³/mol. The van der Waals surface area contributed by atoms with Crippen molar-refractivity contribution >= 4 is 15.7 Å². The van der Waals surface area contributed by atoms with E-state index in [1.807, 2.05) is 6.92 Å². The molecule has 0 saturated carbocycles. The number of sulfonamides is 1. The molecule has 1 rings (SSSR count). The molecule has 0 spiro atoms. The summed E-state index contributed by atoms with van der Waals surface area (Å²) in [5.41, 5.74) is 6.46. The molecule has 7 heteroatoms. The zero-order chi connectivity index (χ0) is 15.2. The number of aliphatic hydroxyl groups is 1. The van der Waals surface area contributed by atoms with Gasteiger partial charge in [-0.25, -0.2) is 13.1 Å². The van der Waals surface area contributed by atoms with E-state index in [0.29, 0.717) is 13.1 Å². The summed E-state index contributed by atoms with van der Waals surface area (Å²) in [6.45, 7) is 4.37. The highest BCUT2D eigenvalue weighted by Crippen LogP contribution is 2.14. The van der Waals surface area contributed by atoms with Gasteiger partial charge in [-0.2, -0.15) is 0 Å². The van der Waals surface area contributed by atoms with Crippen LogP contribution in [0.5, 0.6) is 0 Å². The number of hydrogen-bond donors (Lipinski definition) is 4. The summed E-state index contributed by atoms with van der Waals surface area (Å²) in [6, 6.07) is 6.05. The molecule has 1 aromatic rings. The van der Waals surface area contributed by atoms with Gasteiger partial charge >= 0.3 is 0 Å². The molecule has 0 amide bonds. The second kappa shape index (κ2) is 7.58. The van der Waals surface area contributed by atoms with Crippen molar-refractivity contribution in [2.45, 2.75) is 37.3 Å². The van der Waals surface area contributed by atoms with Gasteiger partial charge in [0.05, 0.1) is 11.0 Å². The van der Waals surface area contributed by atoms with Crippen molar-refractivity contribution in [1.82, 2.24) is 4.72 Å². The van der Waals surface area contributed by atoms with E-state index in [1.54, 1.807) is 19.1 Å². The van der Waals surface area contributed by atoms with E-state index in [4.69, 9.17) is 5.73 Å². The number of hydrogen-bond acceptors (Lipinski definition) is 5. The molecule has 6 nitrogen and oxygen atoms in total. The van der Waals surface area contributed by atoms with Crippen LogP contribution in [0.4, 0.5) is 5.69 Å². The van der Waals surface area contributed by atoms with Crippen molar-refractivity contribution in [2.24, 2.45) is 5.73 Å². The lowest BCUT2D eigenvalue weighted by molar-refractivity contribution is 0.168. The molecular weight excluding hydrogens is 278 g/mol. The molecule has 0 fully saturated rings. The quantitative estimate of drug-likeness (QED) is 0.559. The second-order valence-corrected chi connectivity index (χ2v) is 6.47. The number of benzene rings is 1. The van der Waals surface area contributed by atoms with Crippen LogP contribution in [0.2, 0.25) is 0 Å². The van der Waals surface area contributed by atoms with E-state index in [9.17, 15) is 13.5 Å². The number of rotatable bonds is 8. The normalized spacial score (nSPS) is 14.8. The minimum absolute atomic E-state index is 0.233. The highest BCUT2D eigenvalue weighted by molar-refractivity contribution is 7.89. The molecule has 5 N–H and O–H groups in total. The molecule has 0 radical (unpaired) electrons. The standard InChI is InChI=1S/C13H23N3O3S/c1-3-8-16-20(18,19)12-6-4-11(5-7-12)15-9-13(14)10(2)17/h4-7,10,13,15-17H,3,8-9,14H2,1-2H3. The van der Waals surface area contributed by atoms with Gasteiger partial charge in [-0.05, 0) is 37.6 Å². The molecule has 0 saturated heterocycles. The largest absolute Gasteiger partial charge is 0.392 e. The average Bonchev–Trinajstić information content (AvgIpc) is 2.43. The Kier molecular flexibility index (Phi) is 6.41. The van der Waals surface area contributed by atoms with Gasteiger partial charge in [-0.3, -0.25) is 0 Å². The average molecular weight is 301 g/mol. The zero-order valence-corrected chi connectivity index (χ0v) is 12.7.